The van der Waals surface area contributed by atoms with Crippen LogP contribution >= 0.6 is 11.6 Å². The molecule has 0 aliphatic heterocycles. The molecule has 3 rings (SSSR count). The molecule has 0 fully saturated rings. The largest absolute Gasteiger partial charge is 0.326 e. The van der Waals surface area contributed by atoms with E-state index in [0.29, 0.717) is 27.6 Å². The van der Waals surface area contributed by atoms with E-state index in [4.69, 9.17) is 11.6 Å². The van der Waals surface area contributed by atoms with Gasteiger partial charge in [-0.15, -0.1) is 0 Å². The molecule has 7 nitrogen and oxygen atoms in total. The minimum atomic E-state index is -0.283. The van der Waals surface area contributed by atoms with Crippen molar-refractivity contribution in [2.24, 2.45) is 0 Å². The lowest BCUT2D eigenvalue weighted by Crippen LogP contribution is -2.28. The van der Waals surface area contributed by atoms with Gasteiger partial charge >= 0.3 is 0 Å². The van der Waals surface area contributed by atoms with Crippen molar-refractivity contribution in [3.63, 3.8) is 0 Å². The lowest BCUT2D eigenvalue weighted by atomic mass is 10.1. The van der Waals surface area contributed by atoms with E-state index >= 15 is 0 Å². The second-order valence-corrected chi connectivity index (χ2v) is 8.27. The molecule has 0 saturated heterocycles. The lowest BCUT2D eigenvalue weighted by Gasteiger charge is -2.20. The van der Waals surface area contributed by atoms with Crippen LogP contribution in [0.5, 0.6) is 0 Å². The van der Waals surface area contributed by atoms with Gasteiger partial charge in [0.15, 0.2) is 5.65 Å². The molecule has 0 unspecified atom stereocenters. The van der Waals surface area contributed by atoms with E-state index in [0.717, 1.165) is 5.56 Å². The minimum absolute atomic E-state index is 0.146. The molecule has 0 aliphatic rings. The first kappa shape index (κ1) is 20.1. The maximum absolute atomic E-state index is 12.9. The number of carbonyl (C=O) groups excluding carboxylic acids is 1. The van der Waals surface area contributed by atoms with Gasteiger partial charge in [-0.05, 0) is 52.3 Å². The number of anilines is 1. The molecule has 2 aromatic heterocycles. The fourth-order valence-corrected chi connectivity index (χ4v) is 3.19. The summed E-state index contributed by atoms with van der Waals surface area (Å²) in [6, 6.07) is 5.33. The molecule has 0 aliphatic carbocycles. The van der Waals surface area contributed by atoms with Gasteiger partial charge in [-0.1, -0.05) is 17.7 Å². The van der Waals surface area contributed by atoms with Crippen LogP contribution in [0.3, 0.4) is 0 Å². The topological polar surface area (TPSA) is 81.8 Å². The molecule has 28 heavy (non-hydrogen) atoms. The van der Waals surface area contributed by atoms with Crippen LogP contribution in [0.25, 0.3) is 11.0 Å². The Balaban J connectivity index is 1.82. The van der Waals surface area contributed by atoms with Crippen molar-refractivity contribution in [2.75, 3.05) is 5.32 Å². The molecular weight excluding hydrogens is 378 g/mol. The van der Waals surface area contributed by atoms with E-state index in [1.807, 2.05) is 33.8 Å². The summed E-state index contributed by atoms with van der Waals surface area (Å²) in [6.45, 7) is 9.91. The zero-order valence-corrected chi connectivity index (χ0v) is 17.5. The van der Waals surface area contributed by atoms with E-state index in [2.05, 4.69) is 15.4 Å². The van der Waals surface area contributed by atoms with Crippen LogP contribution in [0.2, 0.25) is 5.02 Å². The van der Waals surface area contributed by atoms with Gasteiger partial charge in [0.1, 0.15) is 11.2 Å². The highest BCUT2D eigenvalue weighted by Crippen LogP contribution is 2.21. The Morgan fingerprint density at radius 2 is 1.96 bits per heavy atom. The van der Waals surface area contributed by atoms with Gasteiger partial charge in [-0.2, -0.15) is 5.10 Å². The number of hydrogen-bond donors (Lipinski definition) is 1. The quantitative estimate of drug-likeness (QED) is 0.723. The van der Waals surface area contributed by atoms with Gasteiger partial charge in [0.2, 0.25) is 5.91 Å². The molecule has 0 saturated carbocycles. The molecule has 0 radical (unpaired) electrons. The highest BCUT2D eigenvalue weighted by Gasteiger charge is 2.21. The van der Waals surface area contributed by atoms with Gasteiger partial charge < -0.3 is 5.32 Å². The van der Waals surface area contributed by atoms with E-state index in [1.54, 1.807) is 29.9 Å². The van der Waals surface area contributed by atoms with Crippen LogP contribution in [0.15, 0.2) is 29.2 Å². The van der Waals surface area contributed by atoms with Crippen molar-refractivity contribution in [3.8, 4) is 0 Å². The number of fused-ring (bicyclic) bond motifs is 1. The molecule has 1 aromatic carbocycles. The average Bonchev–Trinajstić information content (AvgIpc) is 3.02. The standard InChI is InChI=1S/C20H24ClN5O2/c1-12-6-7-14(21)10-16(12)24-17(27)8-9-25-13(2)23-18-15(19(25)28)11-22-26(18)20(3,4)5/h6-7,10-11H,8-9H2,1-5H3,(H,24,27). The van der Waals surface area contributed by atoms with Crippen molar-refractivity contribution >= 4 is 34.2 Å². The highest BCUT2D eigenvalue weighted by molar-refractivity contribution is 6.31. The van der Waals surface area contributed by atoms with Crippen LogP contribution in [-0.2, 0) is 16.9 Å². The molecule has 148 valence electrons. The second kappa shape index (κ2) is 7.39. The maximum Gasteiger partial charge on any atom is 0.264 e. The third-order valence-corrected chi connectivity index (χ3v) is 4.78. The first-order chi connectivity index (χ1) is 13.1. The van der Waals surface area contributed by atoms with Crippen molar-refractivity contribution < 1.29 is 4.79 Å². The lowest BCUT2D eigenvalue weighted by molar-refractivity contribution is -0.116. The van der Waals surface area contributed by atoms with Gasteiger partial charge in [-0.3, -0.25) is 14.2 Å². The number of benzene rings is 1. The summed E-state index contributed by atoms with van der Waals surface area (Å²) in [5.74, 6) is 0.359. The maximum atomic E-state index is 12.9. The van der Waals surface area contributed by atoms with E-state index in [9.17, 15) is 9.59 Å². The Labute approximate surface area is 168 Å². The summed E-state index contributed by atoms with van der Waals surface area (Å²) >= 11 is 5.99. The average molecular weight is 402 g/mol. The highest BCUT2D eigenvalue weighted by atomic mass is 35.5. The van der Waals surface area contributed by atoms with E-state index in [-0.39, 0.29) is 30.0 Å². The van der Waals surface area contributed by atoms with Gasteiger partial charge in [0.25, 0.3) is 5.56 Å². The molecule has 0 bridgehead atoms. The Morgan fingerprint density at radius 1 is 1.25 bits per heavy atom. The summed E-state index contributed by atoms with van der Waals surface area (Å²) < 4.78 is 3.26. The number of hydrogen-bond acceptors (Lipinski definition) is 4. The summed E-state index contributed by atoms with van der Waals surface area (Å²) in [5.41, 5.74) is 1.68. The molecule has 2 heterocycles. The number of aryl methyl sites for hydroxylation is 2. The monoisotopic (exact) mass is 401 g/mol. The molecular formula is C20H24ClN5O2. The molecule has 0 spiro atoms. The van der Waals surface area contributed by atoms with Gasteiger partial charge in [-0.25, -0.2) is 9.67 Å². The van der Waals surface area contributed by atoms with Crippen molar-refractivity contribution in [1.29, 1.82) is 0 Å². The second-order valence-electron chi connectivity index (χ2n) is 7.84. The number of nitrogens with zero attached hydrogens (tertiary/aromatic N) is 4. The van der Waals surface area contributed by atoms with Crippen LogP contribution < -0.4 is 10.9 Å². The zero-order valence-electron chi connectivity index (χ0n) is 16.7. The summed E-state index contributed by atoms with van der Waals surface area (Å²) in [7, 11) is 0. The predicted octanol–water partition coefficient (Wildman–Crippen LogP) is 3.65. The Bertz CT molecular complexity index is 1110. The van der Waals surface area contributed by atoms with Crippen LogP contribution in [0, 0.1) is 13.8 Å². The first-order valence-electron chi connectivity index (χ1n) is 9.09. The normalized spacial score (nSPS) is 11.8. The fraction of sp³-hybridized carbons (Fsp3) is 0.400. The number of nitrogens with one attached hydrogen (secondary N) is 1. The SMILES string of the molecule is Cc1ccc(Cl)cc1NC(=O)CCn1c(C)nc2c(cnn2C(C)(C)C)c1=O. The van der Waals surface area contributed by atoms with Crippen LogP contribution in [0.1, 0.15) is 38.6 Å². The fourth-order valence-electron chi connectivity index (χ4n) is 3.02. The Morgan fingerprint density at radius 3 is 2.64 bits per heavy atom. The third kappa shape index (κ3) is 3.94. The number of amides is 1. The van der Waals surface area contributed by atoms with E-state index in [1.165, 1.54) is 4.57 Å². The smallest absolute Gasteiger partial charge is 0.264 e. The minimum Gasteiger partial charge on any atom is -0.326 e. The third-order valence-electron chi connectivity index (χ3n) is 4.55. The molecule has 1 N–H and O–H groups in total. The molecule has 0 atom stereocenters. The zero-order chi connectivity index (χ0) is 20.6. The molecule has 3 aromatic rings. The molecule has 8 heteroatoms. The summed E-state index contributed by atoms with van der Waals surface area (Å²) in [6.07, 6.45) is 1.69. The van der Waals surface area contributed by atoms with Crippen molar-refractivity contribution in [3.05, 3.63) is 51.2 Å². The van der Waals surface area contributed by atoms with Gasteiger partial charge in [0, 0.05) is 23.7 Å². The predicted molar refractivity (Wildman–Crippen MR) is 111 cm³/mol. The Kier molecular flexibility index (Phi) is 5.30. The van der Waals surface area contributed by atoms with Crippen LogP contribution in [0.4, 0.5) is 5.69 Å². The summed E-state index contributed by atoms with van der Waals surface area (Å²) in [4.78, 5) is 29.8. The number of rotatable bonds is 4. The summed E-state index contributed by atoms with van der Waals surface area (Å²) in [5, 5.41) is 8.18. The van der Waals surface area contributed by atoms with Gasteiger partial charge in [0.05, 0.1) is 11.7 Å². The number of carbonyl (C=O) groups is 1. The van der Waals surface area contributed by atoms with Crippen LogP contribution in [-0.4, -0.2) is 25.2 Å². The van der Waals surface area contributed by atoms with Crippen molar-refractivity contribution in [1.82, 2.24) is 19.3 Å². The Hall–Kier alpha value is -2.67. The van der Waals surface area contributed by atoms with Crippen molar-refractivity contribution in [2.45, 2.75) is 53.1 Å². The first-order valence-corrected chi connectivity index (χ1v) is 9.47. The number of aromatic nitrogens is 4. The number of halogens is 1. The molecule has 1 amide bonds. The van der Waals surface area contributed by atoms with E-state index < -0.39 is 0 Å².